The summed E-state index contributed by atoms with van der Waals surface area (Å²) in [4.78, 5) is 16.5. The predicted molar refractivity (Wildman–Crippen MR) is 79.0 cm³/mol. The highest BCUT2D eigenvalue weighted by molar-refractivity contribution is 6.35. The maximum atomic E-state index is 12.4. The van der Waals surface area contributed by atoms with E-state index in [9.17, 15) is 4.79 Å². The van der Waals surface area contributed by atoms with Crippen LogP contribution >= 0.6 is 23.2 Å². The Labute approximate surface area is 123 Å². The van der Waals surface area contributed by atoms with Crippen molar-refractivity contribution < 1.29 is 4.79 Å². The van der Waals surface area contributed by atoms with Crippen LogP contribution in [0, 0.1) is 0 Å². The molecule has 5 heteroatoms. The van der Waals surface area contributed by atoms with E-state index in [0.29, 0.717) is 28.7 Å². The van der Waals surface area contributed by atoms with Crippen LogP contribution in [-0.2, 0) is 0 Å². The number of benzene rings is 1. The summed E-state index contributed by atoms with van der Waals surface area (Å²) in [7, 11) is 0. The molecule has 102 valence electrons. The first-order valence-electron chi connectivity index (χ1n) is 6.19. The third-order valence-electron chi connectivity index (χ3n) is 3.21. The van der Waals surface area contributed by atoms with Gasteiger partial charge in [0.25, 0.3) is 5.91 Å². The van der Waals surface area contributed by atoms with Crippen molar-refractivity contribution in [2.45, 2.75) is 0 Å². The minimum absolute atomic E-state index is 0.0502. The average molecular weight is 299 g/mol. The molecular weight excluding hydrogens is 283 g/mol. The predicted octanol–water partition coefficient (Wildman–Crippen LogP) is 2.94. The molecule has 1 amide bonds. The first-order valence-corrected chi connectivity index (χ1v) is 6.95. The van der Waals surface area contributed by atoms with Gasteiger partial charge in [0, 0.05) is 37.7 Å². The fourth-order valence-electron chi connectivity index (χ4n) is 2.15. The molecule has 19 heavy (non-hydrogen) atoms. The number of rotatable bonds is 3. The van der Waals surface area contributed by atoms with E-state index in [1.165, 1.54) is 0 Å². The van der Waals surface area contributed by atoms with E-state index in [2.05, 4.69) is 11.5 Å². The molecule has 0 aliphatic carbocycles. The van der Waals surface area contributed by atoms with Gasteiger partial charge in [-0.2, -0.15) is 0 Å². The van der Waals surface area contributed by atoms with Crippen molar-refractivity contribution in [3.8, 4) is 0 Å². The second kappa shape index (κ2) is 6.42. The number of halogens is 2. The van der Waals surface area contributed by atoms with Crippen molar-refractivity contribution in [1.29, 1.82) is 0 Å². The van der Waals surface area contributed by atoms with E-state index in [1.807, 2.05) is 11.0 Å². The molecule has 1 aliphatic rings. The number of amides is 1. The molecule has 0 unspecified atom stereocenters. The van der Waals surface area contributed by atoms with Gasteiger partial charge >= 0.3 is 0 Å². The quantitative estimate of drug-likeness (QED) is 0.801. The molecule has 0 N–H and O–H groups in total. The largest absolute Gasteiger partial charge is 0.336 e. The van der Waals surface area contributed by atoms with E-state index in [-0.39, 0.29) is 5.91 Å². The molecule has 1 aromatic rings. The van der Waals surface area contributed by atoms with Gasteiger partial charge in [0.15, 0.2) is 0 Å². The lowest BCUT2D eigenvalue weighted by Crippen LogP contribution is -2.48. The lowest BCUT2D eigenvalue weighted by Gasteiger charge is -2.34. The van der Waals surface area contributed by atoms with E-state index < -0.39 is 0 Å². The third kappa shape index (κ3) is 3.50. The first-order chi connectivity index (χ1) is 9.11. The van der Waals surface area contributed by atoms with Crippen molar-refractivity contribution >= 4 is 29.1 Å². The van der Waals surface area contributed by atoms with Crippen molar-refractivity contribution in [3.63, 3.8) is 0 Å². The zero-order valence-electron chi connectivity index (χ0n) is 10.6. The number of nitrogens with zero attached hydrogens (tertiary/aromatic N) is 2. The molecule has 0 radical (unpaired) electrons. The number of hydrogen-bond donors (Lipinski definition) is 0. The van der Waals surface area contributed by atoms with E-state index in [0.717, 1.165) is 19.6 Å². The molecule has 1 heterocycles. The lowest BCUT2D eigenvalue weighted by atomic mass is 10.2. The molecule has 1 aromatic carbocycles. The fraction of sp³-hybridized carbons (Fsp3) is 0.357. The van der Waals surface area contributed by atoms with Crippen LogP contribution in [0.3, 0.4) is 0 Å². The zero-order chi connectivity index (χ0) is 13.8. The summed E-state index contributed by atoms with van der Waals surface area (Å²) in [5.41, 5.74) is 0.478. The third-order valence-corrected chi connectivity index (χ3v) is 3.77. The zero-order valence-corrected chi connectivity index (χ0v) is 12.1. The van der Waals surface area contributed by atoms with Crippen LogP contribution in [0.2, 0.25) is 10.0 Å². The van der Waals surface area contributed by atoms with Gasteiger partial charge in [-0.25, -0.2) is 0 Å². The highest BCUT2D eigenvalue weighted by Crippen LogP contribution is 2.22. The van der Waals surface area contributed by atoms with Crippen LogP contribution in [0.1, 0.15) is 10.4 Å². The summed E-state index contributed by atoms with van der Waals surface area (Å²) in [6, 6.07) is 4.97. The smallest absolute Gasteiger partial charge is 0.255 e. The molecule has 3 nitrogen and oxygen atoms in total. The van der Waals surface area contributed by atoms with Crippen LogP contribution in [-0.4, -0.2) is 48.4 Å². The summed E-state index contributed by atoms with van der Waals surface area (Å²) in [5.74, 6) is -0.0502. The Balaban J connectivity index is 2.05. The maximum absolute atomic E-state index is 12.4. The van der Waals surface area contributed by atoms with Crippen LogP contribution in [0.15, 0.2) is 30.9 Å². The molecule has 1 saturated heterocycles. The molecule has 0 saturated carbocycles. The van der Waals surface area contributed by atoms with Crippen LogP contribution in [0.25, 0.3) is 0 Å². The first kappa shape index (κ1) is 14.4. The number of piperazine rings is 1. The molecule has 1 fully saturated rings. The van der Waals surface area contributed by atoms with Crippen molar-refractivity contribution in [1.82, 2.24) is 9.80 Å². The summed E-state index contributed by atoms with van der Waals surface area (Å²) in [5, 5.41) is 0.973. The van der Waals surface area contributed by atoms with Gasteiger partial charge in [0.2, 0.25) is 0 Å². The normalized spacial score (nSPS) is 16.4. The molecule has 1 aliphatic heterocycles. The van der Waals surface area contributed by atoms with E-state index in [1.54, 1.807) is 18.2 Å². The number of carbonyl (C=O) groups excluding carboxylic acids is 1. The Hall–Kier alpha value is -1.03. The highest BCUT2D eigenvalue weighted by Gasteiger charge is 2.23. The van der Waals surface area contributed by atoms with Crippen molar-refractivity contribution in [2.24, 2.45) is 0 Å². The Kier molecular flexibility index (Phi) is 4.86. The fourth-order valence-corrected chi connectivity index (χ4v) is 2.52. The average Bonchev–Trinajstić information content (AvgIpc) is 2.42. The van der Waals surface area contributed by atoms with E-state index >= 15 is 0 Å². The highest BCUT2D eigenvalue weighted by atomic mass is 35.5. The van der Waals surface area contributed by atoms with Crippen molar-refractivity contribution in [3.05, 3.63) is 46.5 Å². The number of hydrogen-bond acceptors (Lipinski definition) is 2. The van der Waals surface area contributed by atoms with Gasteiger partial charge in [-0.1, -0.05) is 29.3 Å². The standard InChI is InChI=1S/C14H16Cl2N2O/c1-2-5-17-6-8-18(9-7-17)14(19)12-10-11(15)3-4-13(12)16/h2-4,10H,1,5-9H2. The minimum Gasteiger partial charge on any atom is -0.336 e. The maximum Gasteiger partial charge on any atom is 0.255 e. The van der Waals surface area contributed by atoms with Crippen LogP contribution < -0.4 is 0 Å². The second-order valence-corrected chi connectivity index (χ2v) is 5.35. The SMILES string of the molecule is C=CCN1CCN(C(=O)c2cc(Cl)ccc2Cl)CC1. The Morgan fingerprint density at radius 3 is 2.58 bits per heavy atom. The van der Waals surface area contributed by atoms with Crippen LogP contribution in [0.4, 0.5) is 0 Å². The number of carbonyl (C=O) groups is 1. The molecule has 0 aromatic heterocycles. The van der Waals surface area contributed by atoms with Gasteiger partial charge < -0.3 is 4.90 Å². The van der Waals surface area contributed by atoms with Gasteiger partial charge in [-0.05, 0) is 18.2 Å². The van der Waals surface area contributed by atoms with Gasteiger partial charge in [-0.3, -0.25) is 9.69 Å². The lowest BCUT2D eigenvalue weighted by molar-refractivity contribution is 0.0650. The topological polar surface area (TPSA) is 23.6 Å². The molecular formula is C14H16Cl2N2O. The van der Waals surface area contributed by atoms with Gasteiger partial charge in [0.05, 0.1) is 10.6 Å². The summed E-state index contributed by atoms with van der Waals surface area (Å²) >= 11 is 12.0. The Bertz CT molecular complexity index is 482. The van der Waals surface area contributed by atoms with Gasteiger partial charge in [0.1, 0.15) is 0 Å². The molecule has 0 atom stereocenters. The minimum atomic E-state index is -0.0502. The summed E-state index contributed by atoms with van der Waals surface area (Å²) < 4.78 is 0. The molecule has 2 rings (SSSR count). The Morgan fingerprint density at radius 2 is 1.95 bits per heavy atom. The van der Waals surface area contributed by atoms with Crippen molar-refractivity contribution in [2.75, 3.05) is 32.7 Å². The van der Waals surface area contributed by atoms with E-state index in [4.69, 9.17) is 23.2 Å². The second-order valence-electron chi connectivity index (χ2n) is 4.51. The monoisotopic (exact) mass is 298 g/mol. The van der Waals surface area contributed by atoms with Gasteiger partial charge in [-0.15, -0.1) is 6.58 Å². The summed E-state index contributed by atoms with van der Waals surface area (Å²) in [6.07, 6.45) is 1.88. The molecule has 0 spiro atoms. The summed E-state index contributed by atoms with van der Waals surface area (Å²) in [6.45, 7) is 7.71. The van der Waals surface area contributed by atoms with Crippen LogP contribution in [0.5, 0.6) is 0 Å². The molecule has 0 bridgehead atoms. The Morgan fingerprint density at radius 1 is 1.26 bits per heavy atom.